The molecule has 3 rings (SSSR count). The van der Waals surface area contributed by atoms with Crippen LogP contribution >= 0.6 is 11.3 Å². The maximum Gasteiger partial charge on any atom is 0.0413 e. The Balaban J connectivity index is 1.85. The molecule has 2 aliphatic heterocycles. The van der Waals surface area contributed by atoms with E-state index in [1.807, 2.05) is 0 Å². The molecule has 17 heavy (non-hydrogen) atoms. The molecular formula is C14H22N2S. The molecule has 0 aromatic carbocycles. The Kier molecular flexibility index (Phi) is 3.24. The van der Waals surface area contributed by atoms with Gasteiger partial charge >= 0.3 is 0 Å². The van der Waals surface area contributed by atoms with Crippen molar-refractivity contribution in [3.05, 3.63) is 21.4 Å². The first kappa shape index (κ1) is 11.7. The van der Waals surface area contributed by atoms with Gasteiger partial charge in [0.15, 0.2) is 0 Å². The fraction of sp³-hybridized carbons (Fsp3) is 0.714. The number of hydrogen-bond acceptors (Lipinski definition) is 3. The van der Waals surface area contributed by atoms with Crippen LogP contribution in [0.15, 0.2) is 6.07 Å². The molecule has 1 aromatic rings. The zero-order valence-electron chi connectivity index (χ0n) is 10.8. The molecule has 1 N–H and O–H groups in total. The average molecular weight is 250 g/mol. The van der Waals surface area contributed by atoms with Gasteiger partial charge in [-0.15, -0.1) is 11.3 Å². The van der Waals surface area contributed by atoms with E-state index in [1.54, 1.807) is 15.3 Å². The monoisotopic (exact) mass is 250 g/mol. The molecule has 1 unspecified atom stereocenters. The van der Waals surface area contributed by atoms with Crippen molar-refractivity contribution in [2.45, 2.75) is 38.1 Å². The molecular weight excluding hydrogens is 228 g/mol. The number of hydrogen-bond donors (Lipinski definition) is 1. The van der Waals surface area contributed by atoms with Crippen LogP contribution in [-0.4, -0.2) is 31.6 Å². The van der Waals surface area contributed by atoms with E-state index < -0.39 is 0 Å². The predicted octanol–water partition coefficient (Wildman–Crippen LogP) is 2.76. The summed E-state index contributed by atoms with van der Waals surface area (Å²) in [5.41, 5.74) is 1.63. The van der Waals surface area contributed by atoms with Gasteiger partial charge in [-0.25, -0.2) is 0 Å². The van der Waals surface area contributed by atoms with Crippen LogP contribution < -0.4 is 5.32 Å². The molecule has 3 heteroatoms. The van der Waals surface area contributed by atoms with Crippen LogP contribution in [0.1, 0.15) is 47.0 Å². The van der Waals surface area contributed by atoms with Gasteiger partial charge in [-0.3, -0.25) is 4.90 Å². The van der Waals surface area contributed by atoms with E-state index in [0.717, 1.165) is 5.92 Å². The third-order valence-corrected chi connectivity index (χ3v) is 5.89. The fourth-order valence-corrected chi connectivity index (χ4v) is 4.51. The number of thiophene rings is 1. The summed E-state index contributed by atoms with van der Waals surface area (Å²) in [4.78, 5) is 5.76. The van der Waals surface area contributed by atoms with Gasteiger partial charge in [0, 0.05) is 22.3 Å². The van der Waals surface area contributed by atoms with Gasteiger partial charge < -0.3 is 5.32 Å². The minimum Gasteiger partial charge on any atom is -0.317 e. The number of nitrogens with zero attached hydrogens (tertiary/aromatic N) is 1. The van der Waals surface area contributed by atoms with Crippen LogP contribution in [0.25, 0.3) is 0 Å². The van der Waals surface area contributed by atoms with Crippen molar-refractivity contribution in [3.63, 3.8) is 0 Å². The lowest BCUT2D eigenvalue weighted by atomic mass is 9.95. The van der Waals surface area contributed by atoms with E-state index in [0.29, 0.717) is 6.04 Å². The highest BCUT2D eigenvalue weighted by molar-refractivity contribution is 7.12. The first-order chi connectivity index (χ1) is 8.25. The van der Waals surface area contributed by atoms with Crippen molar-refractivity contribution in [3.8, 4) is 0 Å². The highest BCUT2D eigenvalue weighted by atomic mass is 32.1. The van der Waals surface area contributed by atoms with Gasteiger partial charge in [-0.2, -0.15) is 0 Å². The number of piperidine rings is 1. The van der Waals surface area contributed by atoms with E-state index in [1.165, 1.54) is 38.9 Å². The number of likely N-dealkylation sites (N-methyl/N-ethyl adjacent to an activating group) is 1. The topological polar surface area (TPSA) is 15.3 Å². The maximum atomic E-state index is 3.46. The first-order valence-electron chi connectivity index (χ1n) is 6.79. The van der Waals surface area contributed by atoms with Gasteiger partial charge in [0.05, 0.1) is 0 Å². The van der Waals surface area contributed by atoms with Crippen LogP contribution in [0, 0.1) is 0 Å². The summed E-state index contributed by atoms with van der Waals surface area (Å²) in [5, 5.41) is 3.46. The summed E-state index contributed by atoms with van der Waals surface area (Å²) in [5.74, 6) is 0.823. The van der Waals surface area contributed by atoms with Crippen molar-refractivity contribution in [2.75, 3.05) is 26.7 Å². The number of nitrogens with one attached hydrogen (secondary N) is 1. The highest BCUT2D eigenvalue weighted by Gasteiger charge is 2.26. The largest absolute Gasteiger partial charge is 0.317 e. The lowest BCUT2D eigenvalue weighted by Crippen LogP contribution is -2.28. The third kappa shape index (κ3) is 2.16. The molecule has 0 saturated carbocycles. The van der Waals surface area contributed by atoms with Gasteiger partial charge in [0.2, 0.25) is 0 Å². The van der Waals surface area contributed by atoms with Crippen LogP contribution in [0.5, 0.6) is 0 Å². The van der Waals surface area contributed by atoms with Crippen molar-refractivity contribution >= 4 is 11.3 Å². The summed E-state index contributed by atoms with van der Waals surface area (Å²) in [6.07, 6.45) is 3.89. The van der Waals surface area contributed by atoms with Crippen LogP contribution in [0.4, 0.5) is 0 Å². The molecule has 1 atom stereocenters. The summed E-state index contributed by atoms with van der Waals surface area (Å²) < 4.78 is 0. The van der Waals surface area contributed by atoms with Gasteiger partial charge in [0.1, 0.15) is 0 Å². The molecule has 3 heterocycles. The second-order valence-electron chi connectivity index (χ2n) is 5.47. The van der Waals surface area contributed by atoms with Crippen molar-refractivity contribution in [2.24, 2.45) is 0 Å². The van der Waals surface area contributed by atoms with Crippen molar-refractivity contribution < 1.29 is 0 Å². The van der Waals surface area contributed by atoms with Gasteiger partial charge in [-0.05, 0) is 63.9 Å². The summed E-state index contributed by atoms with van der Waals surface area (Å²) >= 11 is 2.08. The smallest absolute Gasteiger partial charge is 0.0413 e. The Morgan fingerprint density at radius 1 is 1.35 bits per heavy atom. The molecule has 1 saturated heterocycles. The molecule has 2 nitrogen and oxygen atoms in total. The Hall–Kier alpha value is -0.380. The van der Waals surface area contributed by atoms with E-state index in [4.69, 9.17) is 0 Å². The van der Waals surface area contributed by atoms with Gasteiger partial charge in [0.25, 0.3) is 0 Å². The molecule has 0 aliphatic carbocycles. The normalized spacial score (nSPS) is 27.1. The second-order valence-corrected chi connectivity index (χ2v) is 6.58. The zero-order chi connectivity index (χ0) is 11.8. The molecule has 2 aliphatic rings. The van der Waals surface area contributed by atoms with Crippen molar-refractivity contribution in [1.82, 2.24) is 10.2 Å². The fourth-order valence-electron chi connectivity index (χ4n) is 3.01. The SMILES string of the molecule is CC1c2sc(C3CCNCC3)cc2CCN1C. The predicted molar refractivity (Wildman–Crippen MR) is 73.9 cm³/mol. The lowest BCUT2D eigenvalue weighted by molar-refractivity contribution is 0.252. The summed E-state index contributed by atoms with van der Waals surface area (Å²) in [6.45, 7) is 5.96. The number of fused-ring (bicyclic) bond motifs is 1. The molecule has 1 fully saturated rings. The van der Waals surface area contributed by atoms with E-state index >= 15 is 0 Å². The first-order valence-corrected chi connectivity index (χ1v) is 7.61. The van der Waals surface area contributed by atoms with Crippen LogP contribution in [-0.2, 0) is 6.42 Å². The Morgan fingerprint density at radius 2 is 2.12 bits per heavy atom. The quantitative estimate of drug-likeness (QED) is 0.824. The molecule has 0 bridgehead atoms. The molecule has 0 spiro atoms. The minimum absolute atomic E-state index is 0.624. The number of rotatable bonds is 1. The van der Waals surface area contributed by atoms with Crippen LogP contribution in [0.2, 0.25) is 0 Å². The Bertz CT molecular complexity index is 393. The average Bonchev–Trinajstić information content (AvgIpc) is 2.80. The Labute approximate surface area is 108 Å². The van der Waals surface area contributed by atoms with E-state index in [-0.39, 0.29) is 0 Å². The molecule has 1 aromatic heterocycles. The van der Waals surface area contributed by atoms with E-state index in [2.05, 4.69) is 41.6 Å². The summed E-state index contributed by atoms with van der Waals surface area (Å²) in [7, 11) is 2.25. The molecule has 0 radical (unpaired) electrons. The highest BCUT2D eigenvalue weighted by Crippen LogP contribution is 2.40. The zero-order valence-corrected chi connectivity index (χ0v) is 11.6. The standard InChI is InChI=1S/C14H22N2S/c1-10-14-12(5-8-16(10)2)9-13(17-14)11-3-6-15-7-4-11/h9-11,15H,3-8H2,1-2H3. The maximum absolute atomic E-state index is 3.46. The second kappa shape index (κ2) is 4.71. The van der Waals surface area contributed by atoms with Gasteiger partial charge in [-0.1, -0.05) is 0 Å². The van der Waals surface area contributed by atoms with Crippen molar-refractivity contribution in [1.29, 1.82) is 0 Å². The Morgan fingerprint density at radius 3 is 2.88 bits per heavy atom. The molecule has 0 amide bonds. The van der Waals surface area contributed by atoms with Crippen LogP contribution in [0.3, 0.4) is 0 Å². The lowest BCUT2D eigenvalue weighted by Gasteiger charge is -2.29. The summed E-state index contributed by atoms with van der Waals surface area (Å²) in [6, 6.07) is 3.14. The third-order valence-electron chi connectivity index (χ3n) is 4.38. The molecule has 94 valence electrons. The minimum atomic E-state index is 0.624. The van der Waals surface area contributed by atoms with E-state index in [9.17, 15) is 0 Å².